The van der Waals surface area contributed by atoms with Gasteiger partial charge >= 0.3 is 5.97 Å². The zero-order valence-corrected chi connectivity index (χ0v) is 24.8. The number of hydrogen-bond acceptors (Lipinski definition) is 4. The topological polar surface area (TPSA) is 61.9 Å². The number of carbonyl (C=O) groups is 1. The smallest absolute Gasteiger partial charge is 0.374 e. The van der Waals surface area contributed by atoms with Gasteiger partial charge in [0.25, 0.3) is 0 Å². The van der Waals surface area contributed by atoms with E-state index in [2.05, 4.69) is 9.97 Å². The summed E-state index contributed by atoms with van der Waals surface area (Å²) < 4.78 is 32.5. The first-order valence-corrected chi connectivity index (χ1v) is 13.7. The van der Waals surface area contributed by atoms with Gasteiger partial charge in [0.15, 0.2) is 5.82 Å². The summed E-state index contributed by atoms with van der Waals surface area (Å²) in [6.45, 7) is 0. The van der Waals surface area contributed by atoms with Gasteiger partial charge < -0.3 is 13.9 Å². The summed E-state index contributed by atoms with van der Waals surface area (Å²) in [5.74, 6) is -0.402. The Morgan fingerprint density at radius 1 is 0.690 bits per heavy atom. The summed E-state index contributed by atoms with van der Waals surface area (Å²) in [4.78, 5) is 20.3. The standard InChI is InChI=1S/C16H13FN2O2.C15H10Cl3FN2/c1-19-14-8-5-11(10-3-6-12(17)7-4-10)9-13(14)18-15(19)16(20)21-2;1-21-13-7-4-10(9-2-5-11(19)6-3-9)8-12(13)20-14(21)15(16,17)18/h3-9H,1-2H3;2-8H,1H3. The number of hydrogen-bond donors (Lipinski definition) is 0. The number of methoxy groups -OCH3 is 1. The number of carbonyl (C=O) groups excluding carboxylic acids is 1. The summed E-state index contributed by atoms with van der Waals surface area (Å²) in [5.41, 5.74) is 6.75. The van der Waals surface area contributed by atoms with Crippen molar-refractivity contribution in [1.29, 1.82) is 0 Å². The van der Waals surface area contributed by atoms with Gasteiger partial charge in [-0.05, 0) is 70.8 Å². The van der Waals surface area contributed by atoms with E-state index in [1.807, 2.05) is 36.4 Å². The van der Waals surface area contributed by atoms with Crippen molar-refractivity contribution in [2.24, 2.45) is 14.1 Å². The van der Waals surface area contributed by atoms with Crippen LogP contribution in [0.1, 0.15) is 16.4 Å². The van der Waals surface area contributed by atoms with Gasteiger partial charge in [-0.3, -0.25) is 0 Å². The van der Waals surface area contributed by atoms with Crippen LogP contribution in [-0.2, 0) is 22.6 Å². The van der Waals surface area contributed by atoms with Crippen LogP contribution < -0.4 is 0 Å². The molecule has 0 fully saturated rings. The third-order valence-corrected chi connectivity index (χ3v) is 7.25. The molecule has 0 radical (unpaired) electrons. The van der Waals surface area contributed by atoms with Gasteiger partial charge in [0.05, 0.1) is 29.2 Å². The van der Waals surface area contributed by atoms with E-state index >= 15 is 0 Å². The minimum absolute atomic E-state index is 0.253. The summed E-state index contributed by atoms with van der Waals surface area (Å²) in [7, 11) is 4.88. The van der Waals surface area contributed by atoms with Crippen LogP contribution >= 0.6 is 34.8 Å². The second kappa shape index (κ2) is 11.7. The predicted molar refractivity (Wildman–Crippen MR) is 163 cm³/mol. The SMILES string of the molecule is COC(=O)c1nc2cc(-c3ccc(F)cc3)ccc2n1C.Cn1c(C(Cl)(Cl)Cl)nc2cc(-c3ccc(F)cc3)ccc21. The lowest BCUT2D eigenvalue weighted by molar-refractivity contribution is 0.0583. The van der Waals surface area contributed by atoms with Crippen molar-refractivity contribution in [3.63, 3.8) is 0 Å². The Hall–Kier alpha value is -3.98. The lowest BCUT2D eigenvalue weighted by Gasteiger charge is -2.09. The molecule has 6 nitrogen and oxygen atoms in total. The quantitative estimate of drug-likeness (QED) is 0.146. The van der Waals surface area contributed by atoms with Gasteiger partial charge in [0, 0.05) is 14.1 Å². The van der Waals surface area contributed by atoms with Gasteiger partial charge in [-0.15, -0.1) is 0 Å². The first kappa shape index (κ1) is 29.5. The maximum absolute atomic E-state index is 13.0. The molecule has 0 amide bonds. The van der Waals surface area contributed by atoms with Gasteiger partial charge in [-0.25, -0.2) is 23.5 Å². The van der Waals surface area contributed by atoms with Crippen molar-refractivity contribution in [3.05, 3.63) is 108 Å². The second-order valence-electron chi connectivity index (χ2n) is 9.40. The van der Waals surface area contributed by atoms with Crippen LogP contribution in [0.2, 0.25) is 0 Å². The first-order chi connectivity index (χ1) is 20.0. The number of alkyl halides is 3. The summed E-state index contributed by atoms with van der Waals surface area (Å²) >= 11 is 17.7. The van der Waals surface area contributed by atoms with Crippen LogP contribution in [0.15, 0.2) is 84.9 Å². The van der Waals surface area contributed by atoms with Gasteiger partial charge in [0.1, 0.15) is 11.6 Å². The molecule has 0 spiro atoms. The number of nitrogens with zero attached hydrogens (tertiary/aromatic N) is 4. The van der Waals surface area contributed by atoms with Gasteiger partial charge in [-0.1, -0.05) is 71.2 Å². The normalized spacial score (nSPS) is 11.4. The van der Waals surface area contributed by atoms with Crippen LogP contribution in [0, 0.1) is 11.6 Å². The maximum Gasteiger partial charge on any atom is 0.374 e. The monoisotopic (exact) mass is 626 g/mol. The fourth-order valence-corrected chi connectivity index (χ4v) is 5.08. The lowest BCUT2D eigenvalue weighted by Crippen LogP contribution is -2.08. The number of aryl methyl sites for hydroxylation is 2. The van der Waals surface area contributed by atoms with E-state index in [9.17, 15) is 13.6 Å². The lowest BCUT2D eigenvalue weighted by atomic mass is 10.1. The highest BCUT2D eigenvalue weighted by atomic mass is 35.6. The highest BCUT2D eigenvalue weighted by molar-refractivity contribution is 6.66. The van der Waals surface area contributed by atoms with Crippen LogP contribution in [0.3, 0.4) is 0 Å². The summed E-state index contributed by atoms with van der Waals surface area (Å²) in [5, 5.41) is 0. The Labute approximate surface area is 255 Å². The number of benzene rings is 4. The summed E-state index contributed by atoms with van der Waals surface area (Å²) in [6, 6.07) is 23.9. The van der Waals surface area contributed by atoms with E-state index < -0.39 is 9.76 Å². The van der Waals surface area contributed by atoms with E-state index in [0.717, 1.165) is 38.8 Å². The van der Waals surface area contributed by atoms with E-state index in [0.29, 0.717) is 11.3 Å². The van der Waals surface area contributed by atoms with Crippen molar-refractivity contribution >= 4 is 62.8 Å². The van der Waals surface area contributed by atoms with Gasteiger partial charge in [0.2, 0.25) is 9.62 Å². The fourth-order valence-electron chi connectivity index (χ4n) is 4.57. The molecule has 0 N–H and O–H groups in total. The van der Waals surface area contributed by atoms with Gasteiger partial charge in [-0.2, -0.15) is 0 Å². The third-order valence-electron chi connectivity index (χ3n) is 6.74. The molecule has 0 unspecified atom stereocenters. The number of imidazole rings is 2. The zero-order chi connectivity index (χ0) is 30.2. The average Bonchev–Trinajstić information content (AvgIpc) is 3.49. The maximum atomic E-state index is 13.0. The number of rotatable bonds is 3. The minimum atomic E-state index is -1.58. The largest absolute Gasteiger partial charge is 0.463 e. The molecule has 0 atom stereocenters. The van der Waals surface area contributed by atoms with Crippen molar-refractivity contribution in [2.45, 2.75) is 3.79 Å². The number of ether oxygens (including phenoxy) is 1. The van der Waals surface area contributed by atoms with E-state index in [1.54, 1.807) is 47.5 Å². The molecule has 6 rings (SSSR count). The average molecular weight is 628 g/mol. The molecular weight excluding hydrogens is 605 g/mol. The zero-order valence-electron chi connectivity index (χ0n) is 22.6. The molecule has 2 aromatic heterocycles. The van der Waals surface area contributed by atoms with Crippen LogP contribution in [0.5, 0.6) is 0 Å². The highest BCUT2D eigenvalue weighted by Crippen LogP contribution is 2.39. The molecule has 0 aliphatic heterocycles. The van der Waals surface area contributed by atoms with E-state index in [1.165, 1.54) is 31.4 Å². The number of esters is 1. The van der Waals surface area contributed by atoms with Crippen molar-refractivity contribution in [3.8, 4) is 22.3 Å². The Kier molecular flexibility index (Phi) is 8.23. The third kappa shape index (κ3) is 5.97. The van der Waals surface area contributed by atoms with Crippen LogP contribution in [-0.4, -0.2) is 32.2 Å². The number of halogens is 5. The van der Waals surface area contributed by atoms with Crippen LogP contribution in [0.25, 0.3) is 44.3 Å². The van der Waals surface area contributed by atoms with E-state index in [4.69, 9.17) is 39.5 Å². The fraction of sp³-hybridized carbons (Fsp3) is 0.129. The second-order valence-corrected chi connectivity index (χ2v) is 11.7. The minimum Gasteiger partial charge on any atom is -0.463 e. The molecule has 42 heavy (non-hydrogen) atoms. The number of aromatic nitrogens is 4. The molecule has 0 saturated carbocycles. The molecule has 0 saturated heterocycles. The predicted octanol–water partition coefficient (Wildman–Crippen LogP) is 8.37. The molecule has 0 aliphatic carbocycles. The molecule has 6 aromatic rings. The molecule has 0 bridgehead atoms. The van der Waals surface area contributed by atoms with Crippen molar-refractivity contribution in [2.75, 3.05) is 7.11 Å². The molecule has 4 aromatic carbocycles. The molecular formula is C31H23Cl3F2N4O2. The van der Waals surface area contributed by atoms with Crippen LogP contribution in [0.4, 0.5) is 8.78 Å². The first-order valence-electron chi connectivity index (χ1n) is 12.6. The molecule has 2 heterocycles. The molecule has 0 aliphatic rings. The Morgan fingerprint density at radius 2 is 1.12 bits per heavy atom. The Morgan fingerprint density at radius 3 is 1.57 bits per heavy atom. The molecule has 214 valence electrons. The Balaban J connectivity index is 0.000000168. The van der Waals surface area contributed by atoms with E-state index in [-0.39, 0.29) is 17.5 Å². The number of fused-ring (bicyclic) bond motifs is 2. The van der Waals surface area contributed by atoms with Crippen molar-refractivity contribution < 1.29 is 18.3 Å². The Bertz CT molecular complexity index is 1910. The summed E-state index contributed by atoms with van der Waals surface area (Å²) in [6.07, 6.45) is 0. The molecule has 11 heteroatoms. The van der Waals surface area contributed by atoms with Crippen molar-refractivity contribution in [1.82, 2.24) is 19.1 Å². The highest BCUT2D eigenvalue weighted by Gasteiger charge is 2.29.